The molecule has 1 saturated heterocycles. The number of nitrogens with zero attached hydrogens (tertiary/aromatic N) is 3. The topological polar surface area (TPSA) is 89.0 Å². The Balaban J connectivity index is 1.73. The number of methoxy groups -OCH3 is 2. The van der Waals surface area contributed by atoms with Crippen LogP contribution >= 0.6 is 0 Å². The van der Waals surface area contributed by atoms with Gasteiger partial charge in [-0.1, -0.05) is 12.1 Å². The smallest absolute Gasteiger partial charge is 0.417 e. The number of para-hydroxylation sites is 1. The van der Waals surface area contributed by atoms with Crippen LogP contribution in [0.2, 0.25) is 0 Å². The van der Waals surface area contributed by atoms with Crippen LogP contribution in [0.25, 0.3) is 0 Å². The molecule has 1 amide bonds. The van der Waals surface area contributed by atoms with Crippen LogP contribution in [0.15, 0.2) is 36.5 Å². The highest BCUT2D eigenvalue weighted by Gasteiger charge is 2.35. The molecular formula is C22H26F3N3O5S. The average Bonchev–Trinajstić information content (AvgIpc) is 2.80. The third-order valence-corrected chi connectivity index (χ3v) is 6.80. The van der Waals surface area contributed by atoms with E-state index < -0.39 is 33.6 Å². The summed E-state index contributed by atoms with van der Waals surface area (Å²) in [5.74, 6) is 0.0392. The quantitative estimate of drug-likeness (QED) is 0.575. The highest BCUT2D eigenvalue weighted by Crippen LogP contribution is 2.33. The van der Waals surface area contributed by atoms with E-state index in [4.69, 9.17) is 9.47 Å². The molecule has 0 aliphatic carbocycles. The lowest BCUT2D eigenvalue weighted by Crippen LogP contribution is -2.44. The van der Waals surface area contributed by atoms with E-state index in [0.29, 0.717) is 48.8 Å². The molecule has 0 spiro atoms. The van der Waals surface area contributed by atoms with Crippen LogP contribution in [0, 0.1) is 5.92 Å². The molecule has 2 aromatic rings. The van der Waals surface area contributed by atoms with E-state index in [0.717, 1.165) is 22.8 Å². The molecule has 12 heteroatoms. The summed E-state index contributed by atoms with van der Waals surface area (Å²) in [5, 5.41) is 0. The number of ether oxygens (including phenoxy) is 2. The Bertz CT molecular complexity index is 1120. The minimum atomic E-state index is -4.47. The minimum absolute atomic E-state index is 0.210. The predicted molar refractivity (Wildman–Crippen MR) is 119 cm³/mol. The number of halogens is 3. The van der Waals surface area contributed by atoms with Gasteiger partial charge in [0.2, 0.25) is 15.9 Å². The van der Waals surface area contributed by atoms with E-state index in [9.17, 15) is 26.4 Å². The van der Waals surface area contributed by atoms with Crippen molar-refractivity contribution in [2.75, 3.05) is 38.5 Å². The monoisotopic (exact) mass is 501 g/mol. The maximum Gasteiger partial charge on any atom is 0.417 e. The van der Waals surface area contributed by atoms with E-state index in [2.05, 4.69) is 4.98 Å². The SMILES string of the molecule is COc1cccc(CN(C(=O)C2CCN(c3ccc(C(F)(F)F)cn3)CC2)S(C)(=O)=O)c1OC. The first-order valence-electron chi connectivity index (χ1n) is 10.4. The third kappa shape index (κ3) is 5.72. The number of alkyl halides is 3. The van der Waals surface area contributed by atoms with Crippen LogP contribution in [0.3, 0.4) is 0 Å². The number of hydrogen-bond acceptors (Lipinski definition) is 7. The summed E-state index contributed by atoms with van der Waals surface area (Å²) >= 11 is 0. The van der Waals surface area contributed by atoms with Crippen molar-refractivity contribution in [3.63, 3.8) is 0 Å². The molecule has 1 fully saturated rings. The Morgan fingerprint density at radius 3 is 2.32 bits per heavy atom. The number of aromatic nitrogens is 1. The molecule has 186 valence electrons. The lowest BCUT2D eigenvalue weighted by molar-refractivity contribution is -0.138. The van der Waals surface area contributed by atoms with Crippen molar-refractivity contribution < 1.29 is 35.9 Å². The lowest BCUT2D eigenvalue weighted by Gasteiger charge is -2.34. The lowest BCUT2D eigenvalue weighted by atomic mass is 9.95. The zero-order valence-electron chi connectivity index (χ0n) is 19.0. The van der Waals surface area contributed by atoms with Crippen LogP contribution in [0.1, 0.15) is 24.0 Å². The molecule has 1 aromatic heterocycles. The molecule has 0 bridgehead atoms. The summed E-state index contributed by atoms with van der Waals surface area (Å²) in [6.07, 6.45) is -2.05. The van der Waals surface area contributed by atoms with Crippen molar-refractivity contribution in [2.24, 2.45) is 5.92 Å². The first-order valence-corrected chi connectivity index (χ1v) is 12.3. The van der Waals surface area contributed by atoms with E-state index in [-0.39, 0.29) is 6.54 Å². The number of hydrogen-bond donors (Lipinski definition) is 0. The zero-order valence-corrected chi connectivity index (χ0v) is 19.8. The number of pyridine rings is 1. The normalized spacial score (nSPS) is 15.2. The standard InChI is InChI=1S/C22H26F3N3O5S/c1-32-18-6-4-5-16(20(18)33-2)14-28(34(3,30)31)21(29)15-9-11-27(12-10-15)19-8-7-17(13-26-19)22(23,24)25/h4-8,13,15H,9-12,14H2,1-3H3. The minimum Gasteiger partial charge on any atom is -0.493 e. The van der Waals surface area contributed by atoms with Crippen LogP contribution < -0.4 is 14.4 Å². The van der Waals surface area contributed by atoms with Crippen molar-refractivity contribution in [1.82, 2.24) is 9.29 Å². The number of piperidine rings is 1. The zero-order chi connectivity index (χ0) is 25.1. The second kappa shape index (κ2) is 10.1. The Labute approximate surface area is 196 Å². The molecule has 0 atom stereocenters. The highest BCUT2D eigenvalue weighted by atomic mass is 32.2. The summed E-state index contributed by atoms with van der Waals surface area (Å²) in [6.45, 7) is 0.502. The molecule has 1 aliphatic heterocycles. The molecule has 0 unspecified atom stereocenters. The van der Waals surface area contributed by atoms with Crippen molar-refractivity contribution in [3.05, 3.63) is 47.7 Å². The fraction of sp³-hybridized carbons (Fsp3) is 0.455. The first-order chi connectivity index (χ1) is 16.0. The molecule has 0 radical (unpaired) electrons. The molecule has 1 aliphatic rings. The van der Waals surface area contributed by atoms with E-state index >= 15 is 0 Å². The van der Waals surface area contributed by atoms with Gasteiger partial charge in [0.15, 0.2) is 11.5 Å². The number of amides is 1. The van der Waals surface area contributed by atoms with Crippen LogP contribution in [-0.4, -0.2) is 57.2 Å². The summed E-state index contributed by atoms with van der Waals surface area (Å²) in [4.78, 5) is 18.9. The molecule has 0 N–H and O–H groups in total. The van der Waals surface area contributed by atoms with Gasteiger partial charge >= 0.3 is 6.18 Å². The average molecular weight is 502 g/mol. The van der Waals surface area contributed by atoms with E-state index in [1.807, 2.05) is 0 Å². The van der Waals surface area contributed by atoms with Crippen molar-refractivity contribution in [3.8, 4) is 11.5 Å². The van der Waals surface area contributed by atoms with E-state index in [1.54, 1.807) is 23.1 Å². The maximum atomic E-state index is 13.2. The Hall–Kier alpha value is -3.02. The highest BCUT2D eigenvalue weighted by molar-refractivity contribution is 7.88. The molecule has 34 heavy (non-hydrogen) atoms. The molecule has 2 heterocycles. The van der Waals surface area contributed by atoms with Crippen LogP contribution in [0.4, 0.5) is 19.0 Å². The first kappa shape index (κ1) is 25.6. The fourth-order valence-corrected chi connectivity index (χ4v) is 4.74. The molecule has 1 aromatic carbocycles. The second-order valence-electron chi connectivity index (χ2n) is 7.92. The van der Waals surface area contributed by atoms with Gasteiger partial charge in [-0.3, -0.25) is 4.79 Å². The van der Waals surface area contributed by atoms with Crippen LogP contribution in [0.5, 0.6) is 11.5 Å². The third-order valence-electron chi connectivity index (χ3n) is 5.69. The van der Waals surface area contributed by atoms with Gasteiger partial charge in [-0.2, -0.15) is 13.2 Å². The summed E-state index contributed by atoms with van der Waals surface area (Å²) in [7, 11) is -0.997. The van der Waals surface area contributed by atoms with Gasteiger partial charge in [-0.25, -0.2) is 17.7 Å². The molecule has 3 rings (SSSR count). The van der Waals surface area contributed by atoms with Gasteiger partial charge in [0.1, 0.15) is 5.82 Å². The summed E-state index contributed by atoms with van der Waals surface area (Å²) in [6, 6.07) is 7.26. The number of benzene rings is 1. The number of sulfonamides is 1. The van der Waals surface area contributed by atoms with Crippen LogP contribution in [-0.2, 0) is 27.5 Å². The number of rotatable bonds is 7. The van der Waals surface area contributed by atoms with Gasteiger partial charge in [0.05, 0.1) is 32.6 Å². The van der Waals surface area contributed by atoms with Gasteiger partial charge < -0.3 is 14.4 Å². The van der Waals surface area contributed by atoms with Crippen molar-refractivity contribution in [2.45, 2.75) is 25.6 Å². The molecular weight excluding hydrogens is 475 g/mol. The summed E-state index contributed by atoms with van der Waals surface area (Å²) in [5.41, 5.74) is -0.356. The van der Waals surface area contributed by atoms with Gasteiger partial charge in [-0.05, 0) is 31.0 Å². The predicted octanol–water partition coefficient (Wildman–Crippen LogP) is 3.32. The molecule has 0 saturated carbocycles. The Morgan fingerprint density at radius 2 is 1.82 bits per heavy atom. The van der Waals surface area contributed by atoms with Gasteiger partial charge in [0, 0.05) is 30.8 Å². The van der Waals surface area contributed by atoms with E-state index in [1.165, 1.54) is 20.3 Å². The Kier molecular flexibility index (Phi) is 7.59. The maximum absolute atomic E-state index is 13.2. The van der Waals surface area contributed by atoms with Crippen molar-refractivity contribution in [1.29, 1.82) is 0 Å². The second-order valence-corrected chi connectivity index (χ2v) is 9.83. The van der Waals surface area contributed by atoms with Crippen molar-refractivity contribution >= 4 is 21.7 Å². The molecule has 8 nitrogen and oxygen atoms in total. The van der Waals surface area contributed by atoms with Gasteiger partial charge in [-0.15, -0.1) is 0 Å². The van der Waals surface area contributed by atoms with Gasteiger partial charge in [0.25, 0.3) is 0 Å². The number of anilines is 1. The largest absolute Gasteiger partial charge is 0.493 e. The Morgan fingerprint density at radius 1 is 1.15 bits per heavy atom. The number of carbonyl (C=O) groups is 1. The fourth-order valence-electron chi connectivity index (χ4n) is 3.89. The number of carbonyl (C=O) groups excluding carboxylic acids is 1. The summed E-state index contributed by atoms with van der Waals surface area (Å²) < 4.78 is 74.7.